The van der Waals surface area contributed by atoms with Gasteiger partial charge in [0, 0.05) is 34.9 Å². The van der Waals surface area contributed by atoms with Crippen molar-refractivity contribution in [2.75, 3.05) is 10.6 Å². The molecule has 120 valence electrons. The standard InChI is InChI=1S/C18H14N2O4/c21-15-7-5-13(9-17(15)23)19-11-1-2-12(4-3-11)20-14-6-8-16(22)18(24)10-14/h1-10,19-21,23H. The van der Waals surface area contributed by atoms with Crippen molar-refractivity contribution in [1.82, 2.24) is 0 Å². The molecule has 6 nitrogen and oxygen atoms in total. The van der Waals surface area contributed by atoms with Crippen LogP contribution in [0.25, 0.3) is 0 Å². The Labute approximate surface area is 137 Å². The van der Waals surface area contributed by atoms with Gasteiger partial charge in [0.1, 0.15) is 0 Å². The van der Waals surface area contributed by atoms with E-state index in [0.29, 0.717) is 11.4 Å². The quantitative estimate of drug-likeness (QED) is 0.299. The number of carbonyl (C=O) groups is 2. The van der Waals surface area contributed by atoms with Crippen LogP contribution in [0.15, 0.2) is 66.4 Å². The largest absolute Gasteiger partial charge is 0.504 e. The van der Waals surface area contributed by atoms with Gasteiger partial charge in [-0.25, -0.2) is 0 Å². The van der Waals surface area contributed by atoms with Gasteiger partial charge in [-0.2, -0.15) is 0 Å². The van der Waals surface area contributed by atoms with Crippen molar-refractivity contribution in [3.63, 3.8) is 0 Å². The highest BCUT2D eigenvalue weighted by Crippen LogP contribution is 2.29. The fraction of sp³-hybridized carbons (Fsp3) is 0. The van der Waals surface area contributed by atoms with Crippen molar-refractivity contribution in [2.45, 2.75) is 0 Å². The SMILES string of the molecule is O=C1C=CC(Nc2ccc(Nc3ccc(O)c(O)c3)cc2)=CC1=O. The van der Waals surface area contributed by atoms with Crippen molar-refractivity contribution in [2.24, 2.45) is 0 Å². The maximum atomic E-state index is 11.3. The van der Waals surface area contributed by atoms with E-state index >= 15 is 0 Å². The second kappa shape index (κ2) is 6.29. The van der Waals surface area contributed by atoms with Gasteiger partial charge in [0.05, 0.1) is 0 Å². The third-order valence-corrected chi connectivity index (χ3v) is 3.38. The monoisotopic (exact) mass is 322 g/mol. The Morgan fingerprint density at radius 2 is 1.29 bits per heavy atom. The number of benzene rings is 2. The van der Waals surface area contributed by atoms with E-state index in [-0.39, 0.29) is 11.5 Å². The van der Waals surface area contributed by atoms with Gasteiger partial charge >= 0.3 is 0 Å². The zero-order valence-corrected chi connectivity index (χ0v) is 12.5. The van der Waals surface area contributed by atoms with Crippen LogP contribution in [0.4, 0.5) is 17.1 Å². The lowest BCUT2D eigenvalue weighted by Crippen LogP contribution is -2.14. The summed E-state index contributed by atoms with van der Waals surface area (Å²) >= 11 is 0. The highest BCUT2D eigenvalue weighted by atomic mass is 16.3. The van der Waals surface area contributed by atoms with Crippen molar-refractivity contribution in [1.29, 1.82) is 0 Å². The topological polar surface area (TPSA) is 98.7 Å². The van der Waals surface area contributed by atoms with Gasteiger partial charge in [-0.3, -0.25) is 9.59 Å². The molecule has 0 aliphatic heterocycles. The van der Waals surface area contributed by atoms with Crippen LogP contribution in [0.3, 0.4) is 0 Å². The molecule has 1 aliphatic carbocycles. The molecule has 2 aromatic rings. The van der Waals surface area contributed by atoms with E-state index in [1.54, 1.807) is 24.3 Å². The molecule has 0 amide bonds. The minimum Gasteiger partial charge on any atom is -0.504 e. The van der Waals surface area contributed by atoms with Crippen molar-refractivity contribution in [3.05, 3.63) is 66.4 Å². The van der Waals surface area contributed by atoms with Crippen molar-refractivity contribution >= 4 is 28.6 Å². The first-order valence-electron chi connectivity index (χ1n) is 7.15. The molecule has 0 fully saturated rings. The lowest BCUT2D eigenvalue weighted by Gasteiger charge is -2.11. The van der Waals surface area contributed by atoms with Gasteiger partial charge in [0.2, 0.25) is 11.6 Å². The summed E-state index contributed by atoms with van der Waals surface area (Å²) in [7, 11) is 0. The van der Waals surface area contributed by atoms with E-state index in [4.69, 9.17) is 0 Å². The average Bonchev–Trinajstić information content (AvgIpc) is 2.56. The number of rotatable bonds is 4. The first-order chi connectivity index (χ1) is 11.5. The number of anilines is 3. The van der Waals surface area contributed by atoms with Crippen molar-refractivity contribution < 1.29 is 19.8 Å². The number of aromatic hydroxyl groups is 2. The van der Waals surface area contributed by atoms with Crippen molar-refractivity contribution in [3.8, 4) is 11.5 Å². The number of ketones is 2. The number of carbonyl (C=O) groups excluding carboxylic acids is 2. The molecule has 24 heavy (non-hydrogen) atoms. The van der Waals surface area contributed by atoms with Gasteiger partial charge < -0.3 is 20.8 Å². The second-order valence-electron chi connectivity index (χ2n) is 5.19. The number of hydrogen-bond acceptors (Lipinski definition) is 6. The average molecular weight is 322 g/mol. The molecule has 0 aromatic heterocycles. The maximum absolute atomic E-state index is 11.3. The van der Waals surface area contributed by atoms with E-state index in [9.17, 15) is 19.8 Å². The summed E-state index contributed by atoms with van der Waals surface area (Å²) in [5.74, 6) is -1.46. The molecule has 6 heteroatoms. The molecule has 0 saturated heterocycles. The molecule has 0 unspecified atom stereocenters. The Morgan fingerprint density at radius 3 is 1.92 bits per heavy atom. The number of nitrogens with one attached hydrogen (secondary N) is 2. The normalized spacial score (nSPS) is 13.6. The van der Waals surface area contributed by atoms with Gasteiger partial charge in [-0.1, -0.05) is 0 Å². The van der Waals surface area contributed by atoms with Crippen LogP contribution >= 0.6 is 0 Å². The first kappa shape index (κ1) is 15.4. The molecule has 0 saturated carbocycles. The van der Waals surface area contributed by atoms with Gasteiger partial charge in [-0.05, 0) is 48.6 Å². The molecule has 3 rings (SSSR count). The number of hydrogen-bond donors (Lipinski definition) is 4. The van der Waals surface area contributed by atoms with E-state index in [1.807, 2.05) is 12.1 Å². The van der Waals surface area contributed by atoms with E-state index < -0.39 is 11.6 Å². The van der Waals surface area contributed by atoms with E-state index in [0.717, 1.165) is 11.4 Å². The lowest BCUT2D eigenvalue weighted by molar-refractivity contribution is -0.131. The molecule has 0 heterocycles. The molecular formula is C18H14N2O4. The predicted molar refractivity (Wildman–Crippen MR) is 90.4 cm³/mol. The number of allylic oxidation sites excluding steroid dienone is 3. The molecule has 0 atom stereocenters. The fourth-order valence-corrected chi connectivity index (χ4v) is 2.16. The van der Waals surface area contributed by atoms with Crippen LogP contribution in [0, 0.1) is 0 Å². The first-order valence-corrected chi connectivity index (χ1v) is 7.15. The van der Waals surface area contributed by atoms with Crippen LogP contribution in [-0.4, -0.2) is 21.8 Å². The third kappa shape index (κ3) is 3.44. The zero-order chi connectivity index (χ0) is 17.1. The minimum atomic E-state index is -0.551. The molecule has 2 aromatic carbocycles. The lowest BCUT2D eigenvalue weighted by atomic mass is 10.1. The zero-order valence-electron chi connectivity index (χ0n) is 12.5. The van der Waals surface area contributed by atoms with Gasteiger partial charge in [0.25, 0.3) is 0 Å². The smallest absolute Gasteiger partial charge is 0.227 e. The summed E-state index contributed by atoms with van der Waals surface area (Å²) in [5.41, 5.74) is 2.72. The maximum Gasteiger partial charge on any atom is 0.227 e. The fourth-order valence-electron chi connectivity index (χ4n) is 2.16. The van der Waals surface area contributed by atoms with Crippen LogP contribution in [0.5, 0.6) is 11.5 Å². The Bertz CT molecular complexity index is 867. The highest BCUT2D eigenvalue weighted by molar-refractivity contribution is 6.46. The predicted octanol–water partition coefficient (Wildman–Crippen LogP) is 2.85. The summed E-state index contributed by atoms with van der Waals surface area (Å²) in [5, 5.41) is 24.9. The van der Waals surface area contributed by atoms with E-state index in [2.05, 4.69) is 10.6 Å². The van der Waals surface area contributed by atoms with Crippen LogP contribution < -0.4 is 10.6 Å². The molecule has 0 bridgehead atoms. The van der Waals surface area contributed by atoms with E-state index in [1.165, 1.54) is 24.3 Å². The number of phenolic OH excluding ortho intramolecular Hbond substituents is 2. The molecule has 0 radical (unpaired) electrons. The summed E-state index contributed by atoms with van der Waals surface area (Å²) in [6.07, 6.45) is 4.04. The second-order valence-corrected chi connectivity index (χ2v) is 5.19. The Kier molecular flexibility index (Phi) is 4.03. The third-order valence-electron chi connectivity index (χ3n) is 3.38. The van der Waals surface area contributed by atoms with Crippen LogP contribution in [-0.2, 0) is 9.59 Å². The highest BCUT2D eigenvalue weighted by Gasteiger charge is 2.13. The Morgan fingerprint density at radius 1 is 0.667 bits per heavy atom. The summed E-state index contributed by atoms with van der Waals surface area (Å²) in [6.45, 7) is 0. The summed E-state index contributed by atoms with van der Waals surface area (Å²) < 4.78 is 0. The summed E-state index contributed by atoms with van der Waals surface area (Å²) in [6, 6.07) is 11.7. The van der Waals surface area contributed by atoms with Gasteiger partial charge in [0.15, 0.2) is 11.5 Å². The van der Waals surface area contributed by atoms with Gasteiger partial charge in [-0.15, -0.1) is 0 Å². The molecule has 0 spiro atoms. The minimum absolute atomic E-state index is 0.179. The Hall–Kier alpha value is -3.54. The number of phenols is 2. The van der Waals surface area contributed by atoms with Crippen LogP contribution in [0.1, 0.15) is 0 Å². The van der Waals surface area contributed by atoms with Crippen LogP contribution in [0.2, 0.25) is 0 Å². The molecule has 1 aliphatic rings. The molecule has 4 N–H and O–H groups in total. The summed E-state index contributed by atoms with van der Waals surface area (Å²) in [4.78, 5) is 22.4. The molecular weight excluding hydrogens is 308 g/mol. The Balaban J connectivity index is 1.68.